The molecule has 2 fully saturated rings. The van der Waals surface area contributed by atoms with Gasteiger partial charge in [0.15, 0.2) is 0 Å². The molecule has 0 saturated heterocycles. The van der Waals surface area contributed by atoms with Crippen LogP contribution in [0.2, 0.25) is 0 Å². The van der Waals surface area contributed by atoms with Gasteiger partial charge >= 0.3 is 0 Å². The number of nitrogens with zero attached hydrogens (tertiary/aromatic N) is 1. The van der Waals surface area contributed by atoms with Gasteiger partial charge in [0.2, 0.25) is 0 Å². The van der Waals surface area contributed by atoms with Crippen LogP contribution in [0.15, 0.2) is 0 Å². The largest absolute Gasteiger partial charge is 0.303 e. The lowest BCUT2D eigenvalue weighted by Crippen LogP contribution is -2.36. The monoisotopic (exact) mass is 223 g/mol. The molecule has 0 spiro atoms. The Balaban J connectivity index is 1.81. The van der Waals surface area contributed by atoms with Crippen LogP contribution in [0.3, 0.4) is 0 Å². The molecule has 0 N–H and O–H groups in total. The van der Waals surface area contributed by atoms with Crippen molar-refractivity contribution >= 4 is 5.78 Å². The van der Waals surface area contributed by atoms with Crippen molar-refractivity contribution in [2.45, 2.75) is 63.8 Å². The lowest BCUT2D eigenvalue weighted by molar-refractivity contribution is -0.121. The minimum Gasteiger partial charge on any atom is -0.303 e. The number of carbonyl (C=O) groups excluding carboxylic acids is 1. The van der Waals surface area contributed by atoms with Gasteiger partial charge in [-0.05, 0) is 32.7 Å². The maximum atomic E-state index is 11.6. The topological polar surface area (TPSA) is 20.3 Å². The highest BCUT2D eigenvalue weighted by Gasteiger charge is 2.27. The number of rotatable bonds is 3. The lowest BCUT2D eigenvalue weighted by Gasteiger charge is -2.28. The minimum absolute atomic E-state index is 0.355. The highest BCUT2D eigenvalue weighted by atomic mass is 16.1. The van der Waals surface area contributed by atoms with Crippen molar-refractivity contribution in [3.63, 3.8) is 0 Å². The maximum Gasteiger partial charge on any atom is 0.137 e. The summed E-state index contributed by atoms with van der Waals surface area (Å²) in [6.45, 7) is 1.02. The summed E-state index contributed by atoms with van der Waals surface area (Å²) in [5.41, 5.74) is 0. The van der Waals surface area contributed by atoms with Crippen LogP contribution in [0.5, 0.6) is 0 Å². The third kappa shape index (κ3) is 3.07. The standard InChI is InChI=1S/C14H25NO/c1-15(11-12-7-6-10-14(12)16)13-8-4-2-3-5-9-13/h12-13H,2-11H2,1H3. The van der Waals surface area contributed by atoms with Crippen molar-refractivity contribution in [2.24, 2.45) is 5.92 Å². The van der Waals surface area contributed by atoms with Crippen LogP contribution in [0.1, 0.15) is 57.8 Å². The van der Waals surface area contributed by atoms with Gasteiger partial charge < -0.3 is 4.90 Å². The normalized spacial score (nSPS) is 28.6. The first-order valence-electron chi connectivity index (χ1n) is 7.00. The Morgan fingerprint density at radius 1 is 1.06 bits per heavy atom. The van der Waals surface area contributed by atoms with Crippen LogP contribution in [0.25, 0.3) is 0 Å². The molecule has 2 aliphatic carbocycles. The molecule has 2 rings (SSSR count). The molecular weight excluding hydrogens is 198 g/mol. The van der Waals surface area contributed by atoms with Gasteiger partial charge in [-0.3, -0.25) is 4.79 Å². The van der Waals surface area contributed by atoms with E-state index >= 15 is 0 Å². The molecule has 16 heavy (non-hydrogen) atoms. The third-order valence-electron chi connectivity index (χ3n) is 4.39. The summed E-state index contributed by atoms with van der Waals surface area (Å²) in [6, 6.07) is 0.746. The van der Waals surface area contributed by atoms with Crippen LogP contribution in [-0.2, 0) is 4.79 Å². The van der Waals surface area contributed by atoms with Crippen molar-refractivity contribution in [1.82, 2.24) is 4.90 Å². The number of carbonyl (C=O) groups is 1. The van der Waals surface area contributed by atoms with E-state index in [1.54, 1.807) is 0 Å². The van der Waals surface area contributed by atoms with Gasteiger partial charge in [-0.1, -0.05) is 25.7 Å². The summed E-state index contributed by atoms with van der Waals surface area (Å²) in [5.74, 6) is 0.869. The molecule has 1 atom stereocenters. The van der Waals surface area contributed by atoms with E-state index in [0.717, 1.165) is 31.8 Å². The fourth-order valence-electron chi connectivity index (χ4n) is 3.28. The van der Waals surface area contributed by atoms with E-state index in [-0.39, 0.29) is 0 Å². The number of hydrogen-bond donors (Lipinski definition) is 0. The zero-order valence-corrected chi connectivity index (χ0v) is 10.6. The van der Waals surface area contributed by atoms with Gasteiger partial charge in [0.1, 0.15) is 5.78 Å². The van der Waals surface area contributed by atoms with Crippen molar-refractivity contribution in [3.05, 3.63) is 0 Å². The smallest absolute Gasteiger partial charge is 0.137 e. The third-order valence-corrected chi connectivity index (χ3v) is 4.39. The second kappa shape index (κ2) is 5.81. The minimum atomic E-state index is 0.355. The summed E-state index contributed by atoms with van der Waals surface area (Å²) in [4.78, 5) is 14.1. The summed E-state index contributed by atoms with van der Waals surface area (Å²) in [6.07, 6.45) is 11.4. The molecule has 1 unspecified atom stereocenters. The molecule has 2 saturated carbocycles. The molecule has 0 radical (unpaired) electrons. The number of ketones is 1. The Bertz CT molecular complexity index is 231. The average molecular weight is 223 g/mol. The van der Waals surface area contributed by atoms with E-state index < -0.39 is 0 Å². The average Bonchev–Trinajstić information content (AvgIpc) is 2.57. The fourth-order valence-corrected chi connectivity index (χ4v) is 3.28. The van der Waals surface area contributed by atoms with Crippen molar-refractivity contribution in [2.75, 3.05) is 13.6 Å². The Kier molecular flexibility index (Phi) is 4.39. The molecule has 0 bridgehead atoms. The molecule has 0 amide bonds. The Morgan fingerprint density at radius 3 is 2.31 bits per heavy atom. The van der Waals surface area contributed by atoms with Crippen LogP contribution < -0.4 is 0 Å². The Labute approximate surface area is 99.4 Å². The van der Waals surface area contributed by atoms with Gasteiger partial charge in [0.05, 0.1) is 0 Å². The highest BCUT2D eigenvalue weighted by molar-refractivity contribution is 5.83. The molecular formula is C14H25NO. The van der Waals surface area contributed by atoms with Gasteiger partial charge in [-0.25, -0.2) is 0 Å². The predicted octanol–water partition coefficient (Wildman–Crippen LogP) is 3.01. The Morgan fingerprint density at radius 2 is 1.75 bits per heavy atom. The second-order valence-corrected chi connectivity index (χ2v) is 5.64. The summed E-state index contributed by atoms with van der Waals surface area (Å²) in [7, 11) is 2.22. The van der Waals surface area contributed by atoms with Crippen molar-refractivity contribution < 1.29 is 4.79 Å². The maximum absolute atomic E-state index is 11.6. The van der Waals surface area contributed by atoms with Crippen LogP contribution >= 0.6 is 0 Å². The van der Waals surface area contributed by atoms with Gasteiger partial charge in [0, 0.05) is 24.9 Å². The molecule has 2 nitrogen and oxygen atoms in total. The van der Waals surface area contributed by atoms with Gasteiger partial charge in [-0.15, -0.1) is 0 Å². The second-order valence-electron chi connectivity index (χ2n) is 5.64. The fraction of sp³-hybridized carbons (Fsp3) is 0.929. The first kappa shape index (κ1) is 12.1. The van der Waals surface area contributed by atoms with E-state index in [2.05, 4.69) is 11.9 Å². The zero-order valence-electron chi connectivity index (χ0n) is 10.6. The first-order chi connectivity index (χ1) is 7.77. The first-order valence-corrected chi connectivity index (χ1v) is 7.00. The van der Waals surface area contributed by atoms with Crippen LogP contribution in [-0.4, -0.2) is 30.3 Å². The molecule has 92 valence electrons. The summed E-state index contributed by atoms with van der Waals surface area (Å²) in [5, 5.41) is 0. The van der Waals surface area contributed by atoms with Gasteiger partial charge in [-0.2, -0.15) is 0 Å². The van der Waals surface area contributed by atoms with E-state index in [0.29, 0.717) is 11.7 Å². The quantitative estimate of drug-likeness (QED) is 0.685. The van der Waals surface area contributed by atoms with Crippen molar-refractivity contribution in [3.8, 4) is 0 Å². The van der Waals surface area contributed by atoms with Crippen LogP contribution in [0.4, 0.5) is 0 Å². The van der Waals surface area contributed by atoms with E-state index in [9.17, 15) is 4.79 Å². The number of hydrogen-bond acceptors (Lipinski definition) is 2. The molecule has 2 aliphatic rings. The summed E-state index contributed by atoms with van der Waals surface area (Å²) >= 11 is 0. The molecule has 2 heteroatoms. The summed E-state index contributed by atoms with van der Waals surface area (Å²) < 4.78 is 0. The lowest BCUT2D eigenvalue weighted by atomic mass is 10.0. The zero-order chi connectivity index (χ0) is 11.4. The van der Waals surface area contributed by atoms with E-state index in [1.165, 1.54) is 38.5 Å². The van der Waals surface area contributed by atoms with Crippen molar-refractivity contribution in [1.29, 1.82) is 0 Å². The predicted molar refractivity (Wildman–Crippen MR) is 66.5 cm³/mol. The van der Waals surface area contributed by atoms with Crippen LogP contribution in [0, 0.1) is 5.92 Å². The molecule has 0 aromatic carbocycles. The Hall–Kier alpha value is -0.370. The molecule has 0 heterocycles. The van der Waals surface area contributed by atoms with E-state index in [4.69, 9.17) is 0 Å². The van der Waals surface area contributed by atoms with E-state index in [1.807, 2.05) is 0 Å². The number of Topliss-reactive ketones (excluding diaryl/α,β-unsaturated/α-hetero) is 1. The molecule has 0 aliphatic heterocycles. The molecule has 0 aromatic rings. The highest BCUT2D eigenvalue weighted by Crippen LogP contribution is 2.26. The molecule has 0 aromatic heterocycles. The van der Waals surface area contributed by atoms with Gasteiger partial charge in [0.25, 0.3) is 0 Å². The SMILES string of the molecule is CN(CC1CCCC1=O)C1CCCCCC1.